The fourth-order valence-corrected chi connectivity index (χ4v) is 2.72. The molecule has 1 saturated heterocycles. The maximum absolute atomic E-state index is 11.4. The van der Waals surface area contributed by atoms with Crippen LogP contribution >= 0.6 is 0 Å². The van der Waals surface area contributed by atoms with Crippen LogP contribution in [0.3, 0.4) is 0 Å². The summed E-state index contributed by atoms with van der Waals surface area (Å²) >= 11 is 0. The highest BCUT2D eigenvalue weighted by Gasteiger charge is 2.31. The number of nitrogens with one attached hydrogen (secondary N) is 1. The lowest BCUT2D eigenvalue weighted by atomic mass is 10.1. The van der Waals surface area contributed by atoms with Crippen LogP contribution in [-0.2, 0) is 5.66 Å². The van der Waals surface area contributed by atoms with E-state index in [0.29, 0.717) is 11.1 Å². The van der Waals surface area contributed by atoms with Crippen LogP contribution in [0.5, 0.6) is 0 Å². The molecule has 5 nitrogen and oxygen atoms in total. The lowest BCUT2D eigenvalue weighted by Gasteiger charge is -2.27. The van der Waals surface area contributed by atoms with Gasteiger partial charge in [0.05, 0.1) is 23.1 Å². The Labute approximate surface area is 105 Å². The number of hydrogen-bond donors (Lipinski definition) is 2. The highest BCUT2D eigenvalue weighted by Crippen LogP contribution is 2.29. The van der Waals surface area contributed by atoms with Crippen molar-refractivity contribution in [2.24, 2.45) is 5.73 Å². The number of benzene rings is 1. The fourth-order valence-electron chi connectivity index (χ4n) is 2.72. The lowest BCUT2D eigenvalue weighted by molar-refractivity contribution is 0.100. The highest BCUT2D eigenvalue weighted by molar-refractivity contribution is 6.04. The van der Waals surface area contributed by atoms with Gasteiger partial charge in [-0.05, 0) is 38.4 Å². The van der Waals surface area contributed by atoms with Gasteiger partial charge in [-0.2, -0.15) is 0 Å². The number of carbonyl (C=O) groups is 1. The summed E-state index contributed by atoms with van der Waals surface area (Å²) < 4.78 is 2.10. The first kappa shape index (κ1) is 11.2. The zero-order chi connectivity index (χ0) is 12.8. The third-order valence-corrected chi connectivity index (χ3v) is 3.72. The minimum atomic E-state index is -0.435. The summed E-state index contributed by atoms with van der Waals surface area (Å²) in [5.41, 5.74) is 7.36. The molecule has 1 unspecified atom stereocenters. The van der Waals surface area contributed by atoms with Crippen molar-refractivity contribution in [1.29, 1.82) is 0 Å². The molecule has 0 bridgehead atoms. The fraction of sp³-hybridized carbons (Fsp3) is 0.385. The number of carbonyl (C=O) groups excluding carboxylic acids is 1. The molecule has 2 aromatic rings. The van der Waals surface area contributed by atoms with E-state index in [4.69, 9.17) is 5.73 Å². The molecule has 1 aromatic carbocycles. The summed E-state index contributed by atoms with van der Waals surface area (Å²) in [6, 6.07) is 5.53. The van der Waals surface area contributed by atoms with Gasteiger partial charge in [0.15, 0.2) is 0 Å². The second-order valence-corrected chi connectivity index (χ2v) is 4.96. The van der Waals surface area contributed by atoms with Gasteiger partial charge in [-0.1, -0.05) is 6.07 Å². The minimum Gasteiger partial charge on any atom is -0.366 e. The molecule has 1 aliphatic heterocycles. The van der Waals surface area contributed by atoms with Crippen LogP contribution in [-0.4, -0.2) is 22.0 Å². The lowest BCUT2D eigenvalue weighted by Crippen LogP contribution is -2.39. The summed E-state index contributed by atoms with van der Waals surface area (Å²) in [5, 5.41) is 3.48. The van der Waals surface area contributed by atoms with Gasteiger partial charge in [-0.25, -0.2) is 4.98 Å². The number of fused-ring (bicyclic) bond motifs is 1. The van der Waals surface area contributed by atoms with Gasteiger partial charge in [0, 0.05) is 0 Å². The second kappa shape index (κ2) is 3.81. The quantitative estimate of drug-likeness (QED) is 0.833. The zero-order valence-corrected chi connectivity index (χ0v) is 10.3. The number of nitrogens with zero attached hydrogens (tertiary/aromatic N) is 2. The first-order valence-electron chi connectivity index (χ1n) is 6.13. The number of aromatic nitrogens is 2. The molecule has 1 fully saturated rings. The van der Waals surface area contributed by atoms with Crippen LogP contribution < -0.4 is 11.1 Å². The summed E-state index contributed by atoms with van der Waals surface area (Å²) in [6.07, 6.45) is 3.99. The van der Waals surface area contributed by atoms with E-state index < -0.39 is 5.91 Å². The van der Waals surface area contributed by atoms with Crippen LogP contribution in [0, 0.1) is 0 Å². The molecular weight excluding hydrogens is 228 g/mol. The molecule has 1 aromatic heterocycles. The van der Waals surface area contributed by atoms with Gasteiger partial charge in [0.25, 0.3) is 5.91 Å². The average Bonchev–Trinajstić information content (AvgIpc) is 2.94. The van der Waals surface area contributed by atoms with Crippen molar-refractivity contribution in [3.05, 3.63) is 30.1 Å². The summed E-state index contributed by atoms with van der Waals surface area (Å²) in [5.74, 6) is -0.435. The van der Waals surface area contributed by atoms with Crippen molar-refractivity contribution < 1.29 is 4.79 Å². The Hall–Kier alpha value is -1.88. The zero-order valence-electron chi connectivity index (χ0n) is 10.3. The number of para-hydroxylation sites is 1. The summed E-state index contributed by atoms with van der Waals surface area (Å²) in [7, 11) is 0. The molecule has 1 amide bonds. The molecule has 2 heterocycles. The van der Waals surface area contributed by atoms with E-state index >= 15 is 0 Å². The van der Waals surface area contributed by atoms with E-state index in [2.05, 4.69) is 21.8 Å². The van der Waals surface area contributed by atoms with Crippen LogP contribution in [0.15, 0.2) is 24.5 Å². The Morgan fingerprint density at radius 2 is 2.39 bits per heavy atom. The SMILES string of the molecule is CC1(n2cnc3c(C(N)=O)cccc32)CCCN1. The molecule has 0 saturated carbocycles. The van der Waals surface area contributed by atoms with E-state index in [9.17, 15) is 4.79 Å². The molecule has 0 radical (unpaired) electrons. The largest absolute Gasteiger partial charge is 0.366 e. The first-order chi connectivity index (χ1) is 8.62. The predicted molar refractivity (Wildman–Crippen MR) is 69.1 cm³/mol. The van der Waals surface area contributed by atoms with Crippen molar-refractivity contribution in [3.63, 3.8) is 0 Å². The van der Waals surface area contributed by atoms with Crippen LogP contribution in [0.1, 0.15) is 30.1 Å². The van der Waals surface area contributed by atoms with Gasteiger partial charge in [-0.3, -0.25) is 10.1 Å². The van der Waals surface area contributed by atoms with Crippen molar-refractivity contribution in [2.45, 2.75) is 25.4 Å². The van der Waals surface area contributed by atoms with Crippen LogP contribution in [0.25, 0.3) is 11.0 Å². The van der Waals surface area contributed by atoms with Crippen molar-refractivity contribution in [2.75, 3.05) is 6.54 Å². The Morgan fingerprint density at radius 3 is 3.06 bits per heavy atom. The molecule has 3 N–H and O–H groups in total. The van der Waals surface area contributed by atoms with Gasteiger partial charge in [0.2, 0.25) is 0 Å². The van der Waals surface area contributed by atoms with Crippen molar-refractivity contribution in [1.82, 2.24) is 14.9 Å². The Morgan fingerprint density at radius 1 is 1.56 bits per heavy atom. The molecule has 18 heavy (non-hydrogen) atoms. The van der Waals surface area contributed by atoms with E-state index in [0.717, 1.165) is 24.9 Å². The molecule has 0 spiro atoms. The maximum Gasteiger partial charge on any atom is 0.250 e. The third kappa shape index (κ3) is 1.51. The standard InChI is InChI=1S/C13H16N4O/c1-13(6-3-7-16-13)17-8-15-11-9(12(14)18)4-2-5-10(11)17/h2,4-5,8,16H,3,6-7H2,1H3,(H2,14,18). The molecule has 94 valence electrons. The van der Waals surface area contributed by atoms with Gasteiger partial charge in [-0.15, -0.1) is 0 Å². The van der Waals surface area contributed by atoms with Gasteiger partial charge >= 0.3 is 0 Å². The van der Waals surface area contributed by atoms with Gasteiger partial charge < -0.3 is 10.3 Å². The van der Waals surface area contributed by atoms with Crippen molar-refractivity contribution in [3.8, 4) is 0 Å². The van der Waals surface area contributed by atoms with E-state index in [-0.39, 0.29) is 5.66 Å². The van der Waals surface area contributed by atoms with E-state index in [1.807, 2.05) is 12.1 Å². The topological polar surface area (TPSA) is 72.9 Å². The second-order valence-electron chi connectivity index (χ2n) is 4.96. The molecule has 3 rings (SSSR count). The number of hydrogen-bond acceptors (Lipinski definition) is 3. The highest BCUT2D eigenvalue weighted by atomic mass is 16.1. The molecule has 0 aliphatic carbocycles. The average molecular weight is 244 g/mol. The number of amides is 1. The molecular formula is C13H16N4O. The Bertz CT molecular complexity index is 610. The Balaban J connectivity index is 2.21. The Kier molecular flexibility index (Phi) is 2.38. The summed E-state index contributed by atoms with van der Waals surface area (Å²) in [6.45, 7) is 3.16. The smallest absolute Gasteiger partial charge is 0.250 e. The number of nitrogens with two attached hydrogens (primary N) is 1. The van der Waals surface area contributed by atoms with E-state index in [1.54, 1.807) is 12.4 Å². The molecule has 1 aliphatic rings. The van der Waals surface area contributed by atoms with Crippen LogP contribution in [0.4, 0.5) is 0 Å². The minimum absolute atomic E-state index is 0.120. The predicted octanol–water partition coefficient (Wildman–Crippen LogP) is 1.19. The monoisotopic (exact) mass is 244 g/mol. The van der Waals surface area contributed by atoms with Crippen molar-refractivity contribution >= 4 is 16.9 Å². The summed E-state index contributed by atoms with van der Waals surface area (Å²) in [4.78, 5) is 15.7. The number of imidazole rings is 1. The molecule has 5 heteroatoms. The van der Waals surface area contributed by atoms with E-state index in [1.165, 1.54) is 0 Å². The normalized spacial score (nSPS) is 23.6. The number of primary amides is 1. The van der Waals surface area contributed by atoms with Crippen LogP contribution in [0.2, 0.25) is 0 Å². The molecule has 1 atom stereocenters. The third-order valence-electron chi connectivity index (χ3n) is 3.72. The maximum atomic E-state index is 11.4. The van der Waals surface area contributed by atoms with Gasteiger partial charge in [0.1, 0.15) is 5.52 Å². The number of rotatable bonds is 2. The first-order valence-corrected chi connectivity index (χ1v) is 6.13.